The SMILES string of the molecule is CCOC(=O)/C=C\Sc1ccccn1. The Kier molecular flexibility index (Phi) is 4.78. The molecule has 0 atom stereocenters. The first-order valence-corrected chi connectivity index (χ1v) is 5.12. The second-order valence-corrected chi connectivity index (χ2v) is 3.27. The number of pyridine rings is 1. The lowest BCUT2D eigenvalue weighted by Gasteiger charge is -1.94. The van der Waals surface area contributed by atoms with E-state index in [9.17, 15) is 4.79 Å². The number of carbonyl (C=O) groups excluding carboxylic acids is 1. The number of carbonyl (C=O) groups is 1. The Morgan fingerprint density at radius 1 is 1.64 bits per heavy atom. The van der Waals surface area contributed by atoms with Crippen LogP contribution in [0.5, 0.6) is 0 Å². The smallest absolute Gasteiger partial charge is 0.331 e. The predicted octanol–water partition coefficient (Wildman–Crippen LogP) is 2.25. The van der Waals surface area contributed by atoms with E-state index in [2.05, 4.69) is 4.98 Å². The summed E-state index contributed by atoms with van der Waals surface area (Å²) in [6, 6.07) is 5.62. The summed E-state index contributed by atoms with van der Waals surface area (Å²) in [7, 11) is 0. The van der Waals surface area contributed by atoms with Crippen LogP contribution < -0.4 is 0 Å². The van der Waals surface area contributed by atoms with Gasteiger partial charge in [-0.05, 0) is 24.5 Å². The Balaban J connectivity index is 2.37. The molecule has 0 radical (unpaired) electrons. The maximum Gasteiger partial charge on any atom is 0.331 e. The van der Waals surface area contributed by atoms with Gasteiger partial charge in [-0.15, -0.1) is 0 Å². The van der Waals surface area contributed by atoms with E-state index in [0.717, 1.165) is 5.03 Å². The fourth-order valence-electron chi connectivity index (χ4n) is 0.766. The van der Waals surface area contributed by atoms with Gasteiger partial charge in [-0.3, -0.25) is 0 Å². The number of esters is 1. The molecule has 0 fully saturated rings. The molecule has 0 aliphatic carbocycles. The molecule has 0 aromatic carbocycles. The van der Waals surface area contributed by atoms with Gasteiger partial charge in [0.25, 0.3) is 0 Å². The first-order chi connectivity index (χ1) is 6.83. The van der Waals surface area contributed by atoms with E-state index >= 15 is 0 Å². The molecule has 1 rings (SSSR count). The Bertz CT molecular complexity index is 311. The quantitative estimate of drug-likeness (QED) is 0.433. The molecule has 3 nitrogen and oxygen atoms in total. The summed E-state index contributed by atoms with van der Waals surface area (Å²) in [4.78, 5) is 15.0. The number of rotatable bonds is 4. The van der Waals surface area contributed by atoms with Crippen molar-refractivity contribution in [1.82, 2.24) is 4.98 Å². The normalized spacial score (nSPS) is 10.4. The minimum atomic E-state index is -0.323. The third-order valence-corrected chi connectivity index (χ3v) is 2.07. The van der Waals surface area contributed by atoms with Gasteiger partial charge in [-0.25, -0.2) is 9.78 Å². The number of hydrogen-bond donors (Lipinski definition) is 0. The summed E-state index contributed by atoms with van der Waals surface area (Å²) in [6.45, 7) is 2.18. The van der Waals surface area contributed by atoms with Crippen molar-refractivity contribution in [1.29, 1.82) is 0 Å². The average molecular weight is 209 g/mol. The van der Waals surface area contributed by atoms with E-state index < -0.39 is 0 Å². The standard InChI is InChI=1S/C10H11NO2S/c1-2-13-10(12)6-8-14-9-5-3-4-7-11-9/h3-8H,2H2,1H3/b8-6-. The molecule has 0 amide bonds. The van der Waals surface area contributed by atoms with Gasteiger partial charge in [0.1, 0.15) is 5.03 Å². The number of ether oxygens (including phenoxy) is 1. The average Bonchev–Trinajstić information content (AvgIpc) is 2.20. The molecule has 0 spiro atoms. The molecule has 4 heteroatoms. The minimum absolute atomic E-state index is 0.323. The highest BCUT2D eigenvalue weighted by molar-refractivity contribution is 8.02. The van der Waals surface area contributed by atoms with E-state index in [1.807, 2.05) is 18.2 Å². The van der Waals surface area contributed by atoms with Crippen LogP contribution in [-0.2, 0) is 9.53 Å². The molecule has 0 saturated carbocycles. The zero-order valence-electron chi connectivity index (χ0n) is 7.84. The van der Waals surface area contributed by atoms with Crippen LogP contribution >= 0.6 is 11.8 Å². The fraction of sp³-hybridized carbons (Fsp3) is 0.200. The summed E-state index contributed by atoms with van der Waals surface area (Å²) in [5, 5.41) is 2.52. The molecule has 0 saturated heterocycles. The zero-order chi connectivity index (χ0) is 10.2. The van der Waals surface area contributed by atoms with Gasteiger partial charge in [0.2, 0.25) is 0 Å². The molecule has 0 N–H and O–H groups in total. The predicted molar refractivity (Wildman–Crippen MR) is 55.9 cm³/mol. The lowest BCUT2D eigenvalue weighted by molar-refractivity contribution is -0.137. The van der Waals surface area contributed by atoms with Gasteiger partial charge in [0.15, 0.2) is 0 Å². The van der Waals surface area contributed by atoms with Crippen molar-refractivity contribution in [2.24, 2.45) is 0 Å². The molecule has 74 valence electrons. The number of hydrogen-bond acceptors (Lipinski definition) is 4. The molecule has 0 aliphatic heterocycles. The Morgan fingerprint density at radius 2 is 2.50 bits per heavy atom. The molecule has 1 aromatic rings. The van der Waals surface area contributed by atoms with E-state index in [4.69, 9.17) is 4.74 Å². The topological polar surface area (TPSA) is 39.2 Å². The van der Waals surface area contributed by atoms with Crippen molar-refractivity contribution in [3.8, 4) is 0 Å². The molecule has 1 aromatic heterocycles. The van der Waals surface area contributed by atoms with Gasteiger partial charge < -0.3 is 4.74 Å². The highest BCUT2D eigenvalue weighted by Crippen LogP contribution is 2.14. The minimum Gasteiger partial charge on any atom is -0.463 e. The van der Waals surface area contributed by atoms with Crippen LogP contribution in [0.25, 0.3) is 0 Å². The lowest BCUT2D eigenvalue weighted by atomic mass is 10.5. The van der Waals surface area contributed by atoms with Crippen LogP contribution in [-0.4, -0.2) is 17.6 Å². The monoisotopic (exact) mass is 209 g/mol. The maximum atomic E-state index is 10.9. The molecule has 1 heterocycles. The Labute approximate surface area is 87.2 Å². The van der Waals surface area contributed by atoms with Crippen LogP contribution in [0.4, 0.5) is 0 Å². The number of aromatic nitrogens is 1. The van der Waals surface area contributed by atoms with E-state index in [-0.39, 0.29) is 5.97 Å². The van der Waals surface area contributed by atoms with Crippen molar-refractivity contribution >= 4 is 17.7 Å². The summed E-state index contributed by atoms with van der Waals surface area (Å²) >= 11 is 1.38. The number of nitrogens with zero attached hydrogens (tertiary/aromatic N) is 1. The summed E-state index contributed by atoms with van der Waals surface area (Å²) < 4.78 is 4.72. The molecule has 0 aliphatic rings. The maximum absolute atomic E-state index is 10.9. The van der Waals surface area contributed by atoms with Crippen LogP contribution in [0.1, 0.15) is 6.92 Å². The summed E-state index contributed by atoms with van der Waals surface area (Å²) in [6.07, 6.45) is 3.10. The van der Waals surface area contributed by atoms with Crippen LogP contribution in [0.2, 0.25) is 0 Å². The van der Waals surface area contributed by atoms with Gasteiger partial charge >= 0.3 is 5.97 Å². The molecule has 0 bridgehead atoms. The van der Waals surface area contributed by atoms with Crippen LogP contribution in [0, 0.1) is 0 Å². The van der Waals surface area contributed by atoms with Gasteiger partial charge in [-0.1, -0.05) is 17.8 Å². The summed E-state index contributed by atoms with van der Waals surface area (Å²) in [5.74, 6) is -0.323. The van der Waals surface area contributed by atoms with Crippen molar-refractivity contribution in [3.05, 3.63) is 35.9 Å². The number of thioether (sulfide) groups is 1. The third-order valence-electron chi connectivity index (χ3n) is 1.32. The van der Waals surface area contributed by atoms with E-state index in [0.29, 0.717) is 6.61 Å². The third kappa shape index (κ3) is 4.09. The second-order valence-electron chi connectivity index (χ2n) is 2.34. The molecule has 14 heavy (non-hydrogen) atoms. The highest BCUT2D eigenvalue weighted by Gasteiger charge is 1.93. The largest absolute Gasteiger partial charge is 0.463 e. The zero-order valence-corrected chi connectivity index (χ0v) is 8.66. The molecular weight excluding hydrogens is 198 g/mol. The van der Waals surface area contributed by atoms with Crippen LogP contribution in [0.15, 0.2) is 40.9 Å². The van der Waals surface area contributed by atoms with Gasteiger partial charge in [-0.2, -0.15) is 0 Å². The summed E-state index contributed by atoms with van der Waals surface area (Å²) in [5.41, 5.74) is 0. The van der Waals surface area contributed by atoms with Gasteiger partial charge in [0.05, 0.1) is 6.61 Å². The van der Waals surface area contributed by atoms with Gasteiger partial charge in [0, 0.05) is 12.3 Å². The van der Waals surface area contributed by atoms with Crippen molar-refractivity contribution in [3.63, 3.8) is 0 Å². The van der Waals surface area contributed by atoms with Crippen molar-refractivity contribution in [2.75, 3.05) is 6.61 Å². The Hall–Kier alpha value is -1.29. The molecule has 0 unspecified atom stereocenters. The fourth-order valence-corrected chi connectivity index (χ4v) is 1.36. The highest BCUT2D eigenvalue weighted by atomic mass is 32.2. The van der Waals surface area contributed by atoms with E-state index in [1.165, 1.54) is 17.8 Å². The first kappa shape index (κ1) is 10.8. The van der Waals surface area contributed by atoms with Crippen LogP contribution in [0.3, 0.4) is 0 Å². The van der Waals surface area contributed by atoms with E-state index in [1.54, 1.807) is 18.5 Å². The van der Waals surface area contributed by atoms with Crippen molar-refractivity contribution in [2.45, 2.75) is 11.9 Å². The van der Waals surface area contributed by atoms with Crippen molar-refractivity contribution < 1.29 is 9.53 Å². The Morgan fingerprint density at radius 3 is 3.14 bits per heavy atom. The lowest BCUT2D eigenvalue weighted by Crippen LogP contribution is -1.98. The first-order valence-electron chi connectivity index (χ1n) is 4.24. The second kappa shape index (κ2) is 6.21. The molecular formula is C10H11NO2S.